The standard InChI is InChI=1S/C21H24N4O3S2/c1-6-28-20(27)16-12(2)14(4)30-18(16)23-21(29)22-17-13(3)24(5)25(19(17)26)15-10-8-7-9-11-15/h7-11H,6H2,1-5H3,(H2,22,23,29). The van der Waals surface area contributed by atoms with Gasteiger partial charge in [0.2, 0.25) is 0 Å². The smallest absolute Gasteiger partial charge is 0.341 e. The SMILES string of the molecule is CCOC(=O)c1c(NC(=S)Nc2c(C)n(C)n(-c3ccccc3)c2=O)sc(C)c1C. The quantitative estimate of drug-likeness (QED) is 0.455. The largest absolute Gasteiger partial charge is 0.462 e. The fourth-order valence-electron chi connectivity index (χ4n) is 3.12. The van der Waals surface area contributed by atoms with Crippen molar-refractivity contribution in [2.75, 3.05) is 17.2 Å². The highest BCUT2D eigenvalue weighted by molar-refractivity contribution is 7.80. The summed E-state index contributed by atoms with van der Waals surface area (Å²) in [6.07, 6.45) is 0. The van der Waals surface area contributed by atoms with Crippen LogP contribution in [0.2, 0.25) is 0 Å². The van der Waals surface area contributed by atoms with Crippen molar-refractivity contribution in [3.8, 4) is 5.69 Å². The Morgan fingerprint density at radius 1 is 1.17 bits per heavy atom. The van der Waals surface area contributed by atoms with Crippen molar-refractivity contribution in [1.82, 2.24) is 9.36 Å². The summed E-state index contributed by atoms with van der Waals surface area (Å²) in [6.45, 7) is 7.71. The molecule has 0 spiro atoms. The molecule has 0 atom stereocenters. The summed E-state index contributed by atoms with van der Waals surface area (Å²) >= 11 is 6.86. The van der Waals surface area contributed by atoms with E-state index in [0.29, 0.717) is 16.3 Å². The number of nitrogens with one attached hydrogen (secondary N) is 2. The zero-order valence-corrected chi connectivity index (χ0v) is 19.2. The number of carbonyl (C=O) groups excluding carboxylic acids is 1. The maximum Gasteiger partial charge on any atom is 0.341 e. The van der Waals surface area contributed by atoms with Gasteiger partial charge in [-0.25, -0.2) is 9.48 Å². The number of para-hydroxylation sites is 1. The molecule has 0 aliphatic rings. The average molecular weight is 445 g/mol. The van der Waals surface area contributed by atoms with E-state index in [9.17, 15) is 9.59 Å². The van der Waals surface area contributed by atoms with Crippen LogP contribution >= 0.6 is 23.6 Å². The molecule has 0 radical (unpaired) electrons. The number of rotatable bonds is 5. The summed E-state index contributed by atoms with van der Waals surface area (Å²) in [5.41, 5.74) is 2.98. The normalized spacial score (nSPS) is 10.7. The van der Waals surface area contributed by atoms with Gasteiger partial charge in [0, 0.05) is 11.9 Å². The number of hydrogen-bond donors (Lipinski definition) is 2. The first-order valence-electron chi connectivity index (χ1n) is 9.45. The summed E-state index contributed by atoms with van der Waals surface area (Å²) in [6, 6.07) is 9.38. The van der Waals surface area contributed by atoms with Gasteiger partial charge in [0.15, 0.2) is 5.11 Å². The minimum atomic E-state index is -0.396. The van der Waals surface area contributed by atoms with E-state index < -0.39 is 5.97 Å². The van der Waals surface area contributed by atoms with Gasteiger partial charge in [0.1, 0.15) is 10.7 Å². The Balaban J connectivity index is 1.89. The lowest BCUT2D eigenvalue weighted by Crippen LogP contribution is -2.25. The zero-order chi connectivity index (χ0) is 22.0. The number of thiophene rings is 1. The number of thiocarbonyl (C=S) groups is 1. The number of aromatic nitrogens is 2. The summed E-state index contributed by atoms with van der Waals surface area (Å²) < 4.78 is 8.52. The van der Waals surface area contributed by atoms with E-state index in [0.717, 1.165) is 21.8 Å². The van der Waals surface area contributed by atoms with Crippen molar-refractivity contribution in [3.05, 3.63) is 62.4 Å². The van der Waals surface area contributed by atoms with Crippen molar-refractivity contribution in [3.63, 3.8) is 0 Å². The molecule has 3 aromatic rings. The molecule has 0 bridgehead atoms. The lowest BCUT2D eigenvalue weighted by molar-refractivity contribution is 0.0527. The van der Waals surface area contributed by atoms with E-state index in [2.05, 4.69) is 10.6 Å². The van der Waals surface area contributed by atoms with Gasteiger partial charge in [-0.3, -0.25) is 9.48 Å². The molecule has 0 fully saturated rings. The molecule has 2 N–H and O–H groups in total. The van der Waals surface area contributed by atoms with E-state index in [1.807, 2.05) is 58.2 Å². The summed E-state index contributed by atoms with van der Waals surface area (Å²) in [5, 5.41) is 6.89. The van der Waals surface area contributed by atoms with Crippen molar-refractivity contribution in [2.24, 2.45) is 7.05 Å². The molecular formula is C21H24N4O3S2. The van der Waals surface area contributed by atoms with Crippen LogP contribution in [0.5, 0.6) is 0 Å². The van der Waals surface area contributed by atoms with E-state index in [1.165, 1.54) is 11.3 Å². The van der Waals surface area contributed by atoms with Gasteiger partial charge in [0.25, 0.3) is 5.56 Å². The number of benzene rings is 1. The van der Waals surface area contributed by atoms with Crippen molar-refractivity contribution < 1.29 is 9.53 Å². The van der Waals surface area contributed by atoms with Crippen LogP contribution < -0.4 is 16.2 Å². The van der Waals surface area contributed by atoms with Gasteiger partial charge in [-0.15, -0.1) is 11.3 Å². The van der Waals surface area contributed by atoms with Crippen LogP contribution in [0, 0.1) is 20.8 Å². The van der Waals surface area contributed by atoms with Crippen LogP contribution in [0.25, 0.3) is 5.69 Å². The van der Waals surface area contributed by atoms with Gasteiger partial charge in [0.05, 0.1) is 23.6 Å². The molecule has 30 heavy (non-hydrogen) atoms. The van der Waals surface area contributed by atoms with Gasteiger partial charge >= 0.3 is 5.97 Å². The number of aryl methyl sites for hydroxylation is 1. The van der Waals surface area contributed by atoms with Crippen molar-refractivity contribution in [2.45, 2.75) is 27.7 Å². The molecule has 1 aromatic carbocycles. The summed E-state index contributed by atoms with van der Waals surface area (Å²) in [7, 11) is 1.82. The van der Waals surface area contributed by atoms with Crippen LogP contribution in [-0.2, 0) is 11.8 Å². The maximum atomic E-state index is 13.0. The van der Waals surface area contributed by atoms with Crippen molar-refractivity contribution >= 4 is 45.3 Å². The fraction of sp³-hybridized carbons (Fsp3) is 0.286. The predicted octanol–water partition coefficient (Wildman–Crippen LogP) is 4.15. The number of hydrogen-bond acceptors (Lipinski definition) is 5. The molecule has 0 unspecified atom stereocenters. The lowest BCUT2D eigenvalue weighted by atomic mass is 10.1. The second kappa shape index (κ2) is 8.85. The molecular weight excluding hydrogens is 420 g/mol. The third kappa shape index (κ3) is 4.03. The molecule has 0 amide bonds. The Kier molecular flexibility index (Phi) is 6.42. The molecule has 9 heteroatoms. The van der Waals surface area contributed by atoms with E-state index >= 15 is 0 Å². The Morgan fingerprint density at radius 2 is 1.83 bits per heavy atom. The minimum absolute atomic E-state index is 0.213. The average Bonchev–Trinajstić information content (AvgIpc) is 3.10. The first-order chi connectivity index (χ1) is 14.3. The lowest BCUT2D eigenvalue weighted by Gasteiger charge is -2.10. The molecule has 0 saturated carbocycles. The summed E-state index contributed by atoms with van der Waals surface area (Å²) in [5.74, 6) is -0.396. The Hall–Kier alpha value is -2.91. The predicted molar refractivity (Wildman–Crippen MR) is 125 cm³/mol. The number of ether oxygens (including phenoxy) is 1. The Labute approximate surface area is 184 Å². The first kappa shape index (κ1) is 21.8. The molecule has 0 saturated heterocycles. The van der Waals surface area contributed by atoms with Crippen LogP contribution in [0.3, 0.4) is 0 Å². The second-order valence-electron chi connectivity index (χ2n) is 6.72. The number of anilines is 2. The van der Waals surface area contributed by atoms with E-state index in [1.54, 1.807) is 16.3 Å². The number of nitrogens with zero attached hydrogens (tertiary/aromatic N) is 2. The van der Waals surface area contributed by atoms with Crippen LogP contribution in [0.15, 0.2) is 35.1 Å². The van der Waals surface area contributed by atoms with Crippen molar-refractivity contribution in [1.29, 1.82) is 0 Å². The fourth-order valence-corrected chi connectivity index (χ4v) is 4.45. The maximum absolute atomic E-state index is 13.0. The van der Waals surface area contributed by atoms with Gasteiger partial charge in [-0.1, -0.05) is 18.2 Å². The highest BCUT2D eigenvalue weighted by Gasteiger charge is 2.22. The molecule has 7 nitrogen and oxygen atoms in total. The molecule has 3 rings (SSSR count). The Bertz CT molecular complexity index is 1160. The number of esters is 1. The van der Waals surface area contributed by atoms with E-state index in [4.69, 9.17) is 17.0 Å². The van der Waals surface area contributed by atoms with Crippen LogP contribution in [0.1, 0.15) is 33.4 Å². The van der Waals surface area contributed by atoms with Gasteiger partial charge in [-0.05, 0) is 57.6 Å². The molecule has 2 heterocycles. The third-order valence-corrected chi connectivity index (χ3v) is 6.21. The molecule has 0 aliphatic carbocycles. The second-order valence-corrected chi connectivity index (χ2v) is 8.36. The molecule has 0 aliphatic heterocycles. The summed E-state index contributed by atoms with van der Waals surface area (Å²) in [4.78, 5) is 26.4. The topological polar surface area (TPSA) is 77.3 Å². The minimum Gasteiger partial charge on any atom is -0.462 e. The zero-order valence-electron chi connectivity index (χ0n) is 17.5. The molecule has 2 aromatic heterocycles. The van der Waals surface area contributed by atoms with E-state index in [-0.39, 0.29) is 17.3 Å². The first-order valence-corrected chi connectivity index (χ1v) is 10.7. The van der Waals surface area contributed by atoms with Gasteiger partial charge in [-0.2, -0.15) is 0 Å². The highest BCUT2D eigenvalue weighted by atomic mass is 32.1. The highest BCUT2D eigenvalue weighted by Crippen LogP contribution is 2.33. The van der Waals surface area contributed by atoms with Gasteiger partial charge < -0.3 is 15.4 Å². The Morgan fingerprint density at radius 3 is 2.47 bits per heavy atom. The monoisotopic (exact) mass is 444 g/mol. The van der Waals surface area contributed by atoms with Crippen LogP contribution in [-0.4, -0.2) is 27.1 Å². The van der Waals surface area contributed by atoms with Crippen LogP contribution in [0.4, 0.5) is 10.7 Å². The molecule has 158 valence electrons. The third-order valence-electron chi connectivity index (χ3n) is 4.88. The number of carbonyl (C=O) groups is 1.